The summed E-state index contributed by atoms with van der Waals surface area (Å²) in [6.45, 7) is 3.21. The topological polar surface area (TPSA) is 107 Å². The summed E-state index contributed by atoms with van der Waals surface area (Å²) in [5.41, 5.74) is 5.69. The number of amides is 1. The molecule has 3 N–H and O–H groups in total. The summed E-state index contributed by atoms with van der Waals surface area (Å²) in [6, 6.07) is 9.31. The van der Waals surface area contributed by atoms with Crippen LogP contribution in [-0.2, 0) is 20.1 Å². The van der Waals surface area contributed by atoms with Crippen LogP contribution in [0.3, 0.4) is 0 Å². The SMILES string of the molecule is CC1(C)ONC(C(N)=O)(c2ccc(Cl)cc2)N1OC(=O)c1ccco1. The van der Waals surface area contributed by atoms with Crippen molar-refractivity contribution in [3.63, 3.8) is 0 Å². The standard InChI is InChI=1S/C16H16ClN3O5/c1-15(2)20(24-13(21)12-4-3-9-23-12)16(14(18)22,19-25-15)10-5-7-11(17)8-6-10/h3-9,19H,1-2H3,(H2,18,22). The van der Waals surface area contributed by atoms with Crippen LogP contribution in [-0.4, -0.2) is 22.7 Å². The highest BCUT2D eigenvalue weighted by Gasteiger charge is 2.60. The van der Waals surface area contributed by atoms with Gasteiger partial charge in [0.25, 0.3) is 5.91 Å². The number of primary amides is 1. The van der Waals surface area contributed by atoms with Crippen LogP contribution in [0, 0.1) is 0 Å². The lowest BCUT2D eigenvalue weighted by Gasteiger charge is -2.36. The van der Waals surface area contributed by atoms with Crippen molar-refractivity contribution < 1.29 is 23.7 Å². The van der Waals surface area contributed by atoms with E-state index in [1.807, 2.05) is 0 Å². The van der Waals surface area contributed by atoms with Crippen molar-refractivity contribution >= 4 is 23.5 Å². The van der Waals surface area contributed by atoms with E-state index in [9.17, 15) is 9.59 Å². The number of nitrogens with one attached hydrogen (secondary N) is 1. The van der Waals surface area contributed by atoms with E-state index >= 15 is 0 Å². The summed E-state index contributed by atoms with van der Waals surface area (Å²) in [7, 11) is 0. The molecule has 1 aliphatic heterocycles. The van der Waals surface area contributed by atoms with E-state index in [1.54, 1.807) is 44.2 Å². The van der Waals surface area contributed by atoms with Gasteiger partial charge in [0.1, 0.15) is 0 Å². The predicted octanol–water partition coefficient (Wildman–Crippen LogP) is 1.92. The van der Waals surface area contributed by atoms with E-state index in [1.165, 1.54) is 12.3 Å². The first-order valence-corrected chi connectivity index (χ1v) is 7.72. The molecule has 8 nitrogen and oxygen atoms in total. The monoisotopic (exact) mass is 365 g/mol. The number of rotatable bonds is 4. The number of carbonyl (C=O) groups is 2. The maximum absolute atomic E-state index is 12.4. The molecule has 0 spiro atoms. The lowest BCUT2D eigenvalue weighted by atomic mass is 9.98. The van der Waals surface area contributed by atoms with Crippen molar-refractivity contribution in [3.8, 4) is 0 Å². The highest BCUT2D eigenvalue weighted by Crippen LogP contribution is 2.39. The Morgan fingerprint density at radius 3 is 2.48 bits per heavy atom. The zero-order valence-corrected chi connectivity index (χ0v) is 14.2. The molecule has 0 aliphatic carbocycles. The van der Waals surface area contributed by atoms with Crippen molar-refractivity contribution in [3.05, 3.63) is 59.0 Å². The molecule has 0 bridgehead atoms. The average molecular weight is 366 g/mol. The molecule has 1 amide bonds. The third-order valence-corrected chi connectivity index (χ3v) is 4.01. The summed E-state index contributed by atoms with van der Waals surface area (Å²) in [4.78, 5) is 35.6. The lowest BCUT2D eigenvalue weighted by Crippen LogP contribution is -2.60. The van der Waals surface area contributed by atoms with E-state index in [2.05, 4.69) is 5.48 Å². The van der Waals surface area contributed by atoms with E-state index in [0.717, 1.165) is 5.06 Å². The van der Waals surface area contributed by atoms with Gasteiger partial charge in [-0.1, -0.05) is 28.8 Å². The van der Waals surface area contributed by atoms with E-state index in [-0.39, 0.29) is 5.76 Å². The number of furan rings is 1. The minimum atomic E-state index is -1.74. The van der Waals surface area contributed by atoms with Crippen LogP contribution < -0.4 is 11.2 Å². The maximum atomic E-state index is 12.4. The Bertz CT molecular complexity index is 791. The van der Waals surface area contributed by atoms with Gasteiger partial charge >= 0.3 is 5.97 Å². The molecule has 1 aromatic heterocycles. The van der Waals surface area contributed by atoms with Gasteiger partial charge in [-0.15, -0.1) is 0 Å². The second kappa shape index (κ2) is 6.16. The highest BCUT2D eigenvalue weighted by molar-refractivity contribution is 6.30. The minimum absolute atomic E-state index is 0.0304. The number of hydroxylamine groups is 3. The number of carbonyl (C=O) groups excluding carboxylic acids is 2. The van der Waals surface area contributed by atoms with Gasteiger partial charge in [0, 0.05) is 10.6 Å². The van der Waals surface area contributed by atoms with Crippen molar-refractivity contribution in [1.82, 2.24) is 10.5 Å². The normalized spacial score (nSPS) is 22.7. The Hall–Kier alpha value is -2.39. The van der Waals surface area contributed by atoms with Gasteiger partial charge in [-0.05, 0) is 38.1 Å². The summed E-state index contributed by atoms with van der Waals surface area (Å²) < 4.78 is 5.03. The first-order chi connectivity index (χ1) is 11.8. The summed E-state index contributed by atoms with van der Waals surface area (Å²) in [5.74, 6) is -1.66. The number of hydrogen-bond acceptors (Lipinski definition) is 7. The molecule has 1 unspecified atom stereocenters. The molecule has 1 atom stereocenters. The van der Waals surface area contributed by atoms with Crippen LogP contribution in [0.15, 0.2) is 47.1 Å². The molecule has 1 aliphatic rings. The lowest BCUT2D eigenvalue weighted by molar-refractivity contribution is -0.239. The number of nitrogens with two attached hydrogens (primary N) is 1. The highest BCUT2D eigenvalue weighted by atomic mass is 35.5. The quantitative estimate of drug-likeness (QED) is 0.852. The van der Waals surface area contributed by atoms with Gasteiger partial charge in [-0.25, -0.2) is 4.79 Å². The van der Waals surface area contributed by atoms with Crippen molar-refractivity contribution in [1.29, 1.82) is 0 Å². The summed E-state index contributed by atoms with van der Waals surface area (Å²) in [5, 5.41) is 1.54. The molecule has 1 aromatic carbocycles. The second-order valence-corrected chi connectivity index (χ2v) is 6.32. The van der Waals surface area contributed by atoms with Crippen LogP contribution in [0.25, 0.3) is 0 Å². The van der Waals surface area contributed by atoms with E-state index < -0.39 is 23.3 Å². The van der Waals surface area contributed by atoms with Gasteiger partial charge in [-0.3, -0.25) is 9.63 Å². The van der Waals surface area contributed by atoms with Gasteiger partial charge < -0.3 is 15.0 Å². The number of hydrogen-bond donors (Lipinski definition) is 2. The molecule has 0 saturated carbocycles. The molecular formula is C16H16ClN3O5. The largest absolute Gasteiger partial charge is 0.457 e. The third kappa shape index (κ3) is 2.89. The smallest absolute Gasteiger partial charge is 0.393 e. The fraction of sp³-hybridized carbons (Fsp3) is 0.250. The third-order valence-electron chi connectivity index (χ3n) is 3.76. The summed E-state index contributed by atoms with van der Waals surface area (Å²) in [6.07, 6.45) is 1.33. The molecule has 9 heteroatoms. The van der Waals surface area contributed by atoms with E-state index in [4.69, 9.17) is 31.4 Å². The fourth-order valence-corrected chi connectivity index (χ4v) is 2.67. The van der Waals surface area contributed by atoms with Gasteiger partial charge in [0.2, 0.25) is 11.4 Å². The molecular weight excluding hydrogens is 350 g/mol. The summed E-state index contributed by atoms with van der Waals surface area (Å²) >= 11 is 5.91. The minimum Gasteiger partial charge on any atom is -0.457 e. The van der Waals surface area contributed by atoms with Crippen LogP contribution in [0.4, 0.5) is 0 Å². The van der Waals surface area contributed by atoms with Crippen LogP contribution in [0.1, 0.15) is 30.0 Å². The zero-order chi connectivity index (χ0) is 18.2. The first kappa shape index (κ1) is 17.4. The Morgan fingerprint density at radius 2 is 1.92 bits per heavy atom. The van der Waals surface area contributed by atoms with Crippen molar-refractivity contribution in [2.24, 2.45) is 5.73 Å². The number of halogens is 1. The fourth-order valence-electron chi connectivity index (χ4n) is 2.55. The van der Waals surface area contributed by atoms with E-state index in [0.29, 0.717) is 10.6 Å². The molecule has 1 fully saturated rings. The molecule has 0 radical (unpaired) electrons. The zero-order valence-electron chi connectivity index (χ0n) is 13.5. The maximum Gasteiger partial charge on any atom is 0.393 e. The number of benzene rings is 1. The van der Waals surface area contributed by atoms with Gasteiger partial charge in [0.05, 0.1) is 6.26 Å². The van der Waals surface area contributed by atoms with Gasteiger partial charge in [0.15, 0.2) is 5.72 Å². The molecule has 2 aromatic rings. The van der Waals surface area contributed by atoms with Crippen LogP contribution in [0.2, 0.25) is 5.02 Å². The Kier molecular flexibility index (Phi) is 4.29. The Morgan fingerprint density at radius 1 is 1.24 bits per heavy atom. The Labute approximate surface area is 148 Å². The predicted molar refractivity (Wildman–Crippen MR) is 86.6 cm³/mol. The second-order valence-electron chi connectivity index (χ2n) is 5.88. The van der Waals surface area contributed by atoms with Crippen LogP contribution in [0.5, 0.6) is 0 Å². The number of nitrogens with zero attached hydrogens (tertiary/aromatic N) is 1. The van der Waals surface area contributed by atoms with Crippen molar-refractivity contribution in [2.75, 3.05) is 0 Å². The van der Waals surface area contributed by atoms with Gasteiger partial charge in [-0.2, -0.15) is 5.48 Å². The molecule has 1 saturated heterocycles. The average Bonchev–Trinajstić information content (AvgIpc) is 3.17. The molecule has 132 valence electrons. The van der Waals surface area contributed by atoms with Crippen molar-refractivity contribution in [2.45, 2.75) is 25.2 Å². The molecule has 3 rings (SSSR count). The van der Waals surface area contributed by atoms with Crippen LogP contribution >= 0.6 is 11.6 Å². The first-order valence-electron chi connectivity index (χ1n) is 7.34. The molecule has 2 heterocycles. The molecule has 25 heavy (non-hydrogen) atoms. The Balaban J connectivity index is 2.05.